The zero-order chi connectivity index (χ0) is 26.3. The van der Waals surface area contributed by atoms with Gasteiger partial charge in [-0.1, -0.05) is 12.1 Å². The van der Waals surface area contributed by atoms with E-state index in [4.69, 9.17) is 19.4 Å². The van der Waals surface area contributed by atoms with E-state index in [1.54, 1.807) is 24.7 Å². The summed E-state index contributed by atoms with van der Waals surface area (Å²) in [6, 6.07) is 10.5. The number of aliphatic carboxylic acids is 1. The van der Waals surface area contributed by atoms with E-state index >= 15 is 0 Å². The fraction of sp³-hybridized carbons (Fsp3) is 0.208. The maximum atomic E-state index is 14.5. The number of aromatic nitrogens is 3. The Morgan fingerprint density at radius 3 is 2.56 bits per heavy atom. The van der Waals surface area contributed by atoms with Crippen molar-refractivity contribution >= 4 is 17.0 Å². The van der Waals surface area contributed by atoms with E-state index in [9.17, 15) is 17.6 Å². The van der Waals surface area contributed by atoms with Crippen LogP contribution in [0.25, 0.3) is 33.4 Å². The summed E-state index contributed by atoms with van der Waals surface area (Å²) >= 11 is 0. The third kappa shape index (κ3) is 5.89. The molecule has 0 fully saturated rings. The standard InChI is InChI=1S/C22H21FN4O2.C2HF3O2/c1-24-11-12-29-18-13-25-10-8-14(18)20-19(21-17(27-20)7-4-9-26-21)15-5-3-6-16(23)22(15)28-2;3-2(4,5)1(6)7/h3-10,13,24,27H,11-12H2,1-2H3;(H,6,7). The number of carboxylic acids is 1. The molecule has 0 amide bonds. The van der Waals surface area contributed by atoms with E-state index in [1.807, 2.05) is 31.3 Å². The molecule has 0 saturated carbocycles. The van der Waals surface area contributed by atoms with Gasteiger partial charge < -0.3 is 24.9 Å². The number of nitrogens with zero attached hydrogens (tertiary/aromatic N) is 2. The van der Waals surface area contributed by atoms with Crippen molar-refractivity contribution in [3.63, 3.8) is 0 Å². The molecule has 3 aromatic heterocycles. The molecule has 0 aliphatic carbocycles. The maximum Gasteiger partial charge on any atom is 0.490 e. The molecule has 4 aromatic rings. The normalized spacial score (nSPS) is 11.1. The van der Waals surface area contributed by atoms with Gasteiger partial charge in [0.25, 0.3) is 0 Å². The summed E-state index contributed by atoms with van der Waals surface area (Å²) in [6.07, 6.45) is 0.00834. The number of hydrogen-bond donors (Lipinski definition) is 3. The van der Waals surface area contributed by atoms with E-state index in [1.165, 1.54) is 13.2 Å². The molecule has 0 atom stereocenters. The molecule has 0 unspecified atom stereocenters. The number of carboxylic acid groups (broad SMARTS) is 1. The minimum absolute atomic E-state index is 0.173. The van der Waals surface area contributed by atoms with Crippen LogP contribution in [0.3, 0.4) is 0 Å². The number of para-hydroxylation sites is 1. The largest absolute Gasteiger partial charge is 0.493 e. The van der Waals surface area contributed by atoms with Crippen molar-refractivity contribution in [2.45, 2.75) is 6.18 Å². The molecule has 36 heavy (non-hydrogen) atoms. The van der Waals surface area contributed by atoms with Crippen LogP contribution in [0.1, 0.15) is 0 Å². The Labute approximate surface area is 202 Å². The Morgan fingerprint density at radius 1 is 1.14 bits per heavy atom. The predicted molar refractivity (Wildman–Crippen MR) is 124 cm³/mol. The molecular formula is C24H22F4N4O4. The van der Waals surface area contributed by atoms with Crippen molar-refractivity contribution in [2.75, 3.05) is 27.3 Å². The highest BCUT2D eigenvalue weighted by Gasteiger charge is 2.38. The molecule has 0 saturated heterocycles. The van der Waals surface area contributed by atoms with Gasteiger partial charge in [-0.2, -0.15) is 13.2 Å². The molecule has 0 radical (unpaired) electrons. The number of carbonyl (C=O) groups is 1. The first kappa shape index (κ1) is 26.4. The summed E-state index contributed by atoms with van der Waals surface area (Å²) < 4.78 is 57.5. The molecule has 12 heteroatoms. The number of ether oxygens (including phenoxy) is 2. The summed E-state index contributed by atoms with van der Waals surface area (Å²) in [4.78, 5) is 21.0. The summed E-state index contributed by atoms with van der Waals surface area (Å²) in [5.41, 5.74) is 4.51. The summed E-state index contributed by atoms with van der Waals surface area (Å²) in [5.74, 6) is -2.38. The van der Waals surface area contributed by atoms with Crippen LogP contribution >= 0.6 is 0 Å². The first-order valence-electron chi connectivity index (χ1n) is 10.5. The van der Waals surface area contributed by atoms with Gasteiger partial charge in [-0.15, -0.1) is 0 Å². The average Bonchev–Trinajstić information content (AvgIpc) is 3.23. The van der Waals surface area contributed by atoms with E-state index in [0.717, 1.165) is 27.9 Å². The second-order valence-corrected chi connectivity index (χ2v) is 7.22. The zero-order valence-corrected chi connectivity index (χ0v) is 19.2. The number of halogens is 4. The monoisotopic (exact) mass is 506 g/mol. The number of benzene rings is 1. The predicted octanol–water partition coefficient (Wildman–Crippen LogP) is 4.67. The Bertz CT molecular complexity index is 1340. The van der Waals surface area contributed by atoms with Crippen LogP contribution in [-0.4, -0.2) is 59.5 Å². The molecule has 0 aliphatic heterocycles. The molecule has 3 heterocycles. The summed E-state index contributed by atoms with van der Waals surface area (Å²) in [7, 11) is 3.33. The van der Waals surface area contributed by atoms with Crippen molar-refractivity contribution < 1.29 is 36.9 Å². The number of rotatable bonds is 7. The van der Waals surface area contributed by atoms with Gasteiger partial charge in [0.1, 0.15) is 12.4 Å². The van der Waals surface area contributed by atoms with E-state index in [0.29, 0.717) is 24.5 Å². The first-order chi connectivity index (χ1) is 17.2. The number of alkyl halides is 3. The number of pyridine rings is 2. The van der Waals surface area contributed by atoms with Gasteiger partial charge in [-0.25, -0.2) is 9.18 Å². The summed E-state index contributed by atoms with van der Waals surface area (Å²) in [6.45, 7) is 1.19. The van der Waals surface area contributed by atoms with Crippen LogP contribution in [0.5, 0.6) is 11.5 Å². The maximum absolute atomic E-state index is 14.5. The van der Waals surface area contributed by atoms with E-state index < -0.39 is 18.0 Å². The highest BCUT2D eigenvalue weighted by atomic mass is 19.4. The molecule has 8 nitrogen and oxygen atoms in total. The molecule has 1 aromatic carbocycles. The lowest BCUT2D eigenvalue weighted by atomic mass is 9.99. The number of fused-ring (bicyclic) bond motifs is 1. The van der Waals surface area contributed by atoms with Gasteiger partial charge in [0.15, 0.2) is 11.6 Å². The number of methoxy groups -OCH3 is 1. The van der Waals surface area contributed by atoms with Gasteiger partial charge in [-0.05, 0) is 31.3 Å². The Balaban J connectivity index is 0.000000454. The third-order valence-electron chi connectivity index (χ3n) is 4.90. The number of likely N-dealkylation sites (N-methyl/N-ethyl adjacent to an activating group) is 1. The van der Waals surface area contributed by atoms with Crippen LogP contribution in [-0.2, 0) is 4.79 Å². The lowest BCUT2D eigenvalue weighted by molar-refractivity contribution is -0.192. The second kappa shape index (κ2) is 11.5. The van der Waals surface area contributed by atoms with Crippen molar-refractivity contribution in [3.05, 3.63) is 60.8 Å². The molecular weight excluding hydrogens is 484 g/mol. The minimum atomic E-state index is -5.08. The van der Waals surface area contributed by atoms with Crippen molar-refractivity contribution in [2.24, 2.45) is 0 Å². The highest BCUT2D eigenvalue weighted by Crippen LogP contribution is 2.44. The molecule has 0 aliphatic rings. The van der Waals surface area contributed by atoms with Crippen LogP contribution < -0.4 is 14.8 Å². The van der Waals surface area contributed by atoms with Gasteiger partial charge in [-0.3, -0.25) is 9.97 Å². The summed E-state index contributed by atoms with van der Waals surface area (Å²) in [5, 5.41) is 10.2. The lowest BCUT2D eigenvalue weighted by Gasteiger charge is -2.13. The van der Waals surface area contributed by atoms with Crippen LogP contribution in [0.4, 0.5) is 17.6 Å². The number of aromatic amines is 1. The van der Waals surface area contributed by atoms with Gasteiger partial charge in [0, 0.05) is 35.6 Å². The van der Waals surface area contributed by atoms with Crippen molar-refractivity contribution in [3.8, 4) is 33.9 Å². The molecule has 0 bridgehead atoms. The lowest BCUT2D eigenvalue weighted by Crippen LogP contribution is -2.21. The van der Waals surface area contributed by atoms with E-state index in [2.05, 4.69) is 20.3 Å². The smallest absolute Gasteiger partial charge is 0.490 e. The number of nitrogens with one attached hydrogen (secondary N) is 2. The molecule has 3 N–H and O–H groups in total. The minimum Gasteiger partial charge on any atom is -0.493 e. The van der Waals surface area contributed by atoms with Gasteiger partial charge in [0.05, 0.1) is 30.0 Å². The van der Waals surface area contributed by atoms with Crippen molar-refractivity contribution in [1.29, 1.82) is 0 Å². The third-order valence-corrected chi connectivity index (χ3v) is 4.90. The first-order valence-corrected chi connectivity index (χ1v) is 10.5. The average molecular weight is 506 g/mol. The molecule has 190 valence electrons. The zero-order valence-electron chi connectivity index (χ0n) is 19.2. The van der Waals surface area contributed by atoms with Gasteiger partial charge in [0.2, 0.25) is 0 Å². The number of hydrogen-bond acceptors (Lipinski definition) is 6. The Hall–Kier alpha value is -4.19. The Morgan fingerprint density at radius 2 is 1.89 bits per heavy atom. The highest BCUT2D eigenvalue weighted by molar-refractivity contribution is 6.03. The van der Waals surface area contributed by atoms with Crippen LogP contribution in [0, 0.1) is 5.82 Å². The SMILES string of the molecule is CNCCOc1cnccc1-c1[nH]c2cccnc2c1-c1cccc(F)c1OC.O=C(O)C(F)(F)F. The van der Waals surface area contributed by atoms with Gasteiger partial charge >= 0.3 is 12.1 Å². The van der Waals surface area contributed by atoms with Crippen molar-refractivity contribution in [1.82, 2.24) is 20.3 Å². The van der Waals surface area contributed by atoms with Crippen LogP contribution in [0.2, 0.25) is 0 Å². The quantitative estimate of drug-likeness (QED) is 0.247. The van der Waals surface area contributed by atoms with Crippen LogP contribution in [0.15, 0.2) is 55.0 Å². The van der Waals surface area contributed by atoms with E-state index in [-0.39, 0.29) is 5.75 Å². The fourth-order valence-electron chi connectivity index (χ4n) is 3.36. The second-order valence-electron chi connectivity index (χ2n) is 7.22. The Kier molecular flexibility index (Phi) is 8.43. The molecule has 4 rings (SSSR count). The molecule has 0 spiro atoms. The fourth-order valence-corrected chi connectivity index (χ4v) is 3.36. The number of H-pyrrole nitrogens is 1. The topological polar surface area (TPSA) is 109 Å².